The third-order valence-corrected chi connectivity index (χ3v) is 4.41. The van der Waals surface area contributed by atoms with Crippen LogP contribution >= 0.6 is 11.3 Å². The number of nitrogens with zero attached hydrogens (tertiary/aromatic N) is 2. The number of aromatic nitrogens is 2. The summed E-state index contributed by atoms with van der Waals surface area (Å²) in [5.74, 6) is 0. The maximum absolute atomic E-state index is 11.2. The van der Waals surface area contributed by atoms with Crippen LogP contribution in [0.1, 0.15) is 41.8 Å². The molecule has 21 heavy (non-hydrogen) atoms. The van der Waals surface area contributed by atoms with Crippen LogP contribution in [0.15, 0.2) is 35.8 Å². The van der Waals surface area contributed by atoms with E-state index in [4.69, 9.17) is 4.98 Å². The average Bonchev–Trinajstić information content (AvgIpc) is 3.04. The highest BCUT2D eigenvalue weighted by Crippen LogP contribution is 2.26. The van der Waals surface area contributed by atoms with Gasteiger partial charge in [0.05, 0.1) is 12.2 Å². The molecule has 0 N–H and O–H groups in total. The Kier molecular flexibility index (Phi) is 3.41. The van der Waals surface area contributed by atoms with Gasteiger partial charge < -0.3 is 4.57 Å². The van der Waals surface area contributed by atoms with E-state index >= 15 is 0 Å². The molecule has 1 aromatic carbocycles. The summed E-state index contributed by atoms with van der Waals surface area (Å²) in [7, 11) is 0. The standard InChI is InChI=1S/C17H18N2OS/c1-17(2,3)15-11-21-16(18-15)9-19-8-12(10-20)13-6-4-5-7-14(13)19/h4-8,10-11H,9H2,1-3H3. The Balaban J connectivity index is 1.99. The molecular weight excluding hydrogens is 280 g/mol. The van der Waals surface area contributed by atoms with Crippen LogP contribution in [0.2, 0.25) is 0 Å². The van der Waals surface area contributed by atoms with Crippen molar-refractivity contribution in [1.29, 1.82) is 0 Å². The molecule has 0 saturated carbocycles. The minimum absolute atomic E-state index is 0.0709. The fourth-order valence-electron chi connectivity index (χ4n) is 2.37. The van der Waals surface area contributed by atoms with Gasteiger partial charge >= 0.3 is 0 Å². The number of thiazole rings is 1. The smallest absolute Gasteiger partial charge is 0.152 e. The van der Waals surface area contributed by atoms with Crippen molar-refractivity contribution < 1.29 is 4.79 Å². The van der Waals surface area contributed by atoms with Crippen molar-refractivity contribution in [1.82, 2.24) is 9.55 Å². The van der Waals surface area contributed by atoms with Gasteiger partial charge in [-0.25, -0.2) is 4.98 Å². The average molecular weight is 298 g/mol. The summed E-state index contributed by atoms with van der Waals surface area (Å²) >= 11 is 1.68. The summed E-state index contributed by atoms with van der Waals surface area (Å²) < 4.78 is 2.10. The molecule has 0 saturated heterocycles. The van der Waals surface area contributed by atoms with Crippen LogP contribution in [0.25, 0.3) is 10.9 Å². The van der Waals surface area contributed by atoms with Crippen LogP contribution in [0.5, 0.6) is 0 Å². The number of para-hydroxylation sites is 1. The Labute approximate surface area is 128 Å². The Morgan fingerprint density at radius 2 is 2.05 bits per heavy atom. The summed E-state index contributed by atoms with van der Waals surface area (Å²) in [4.78, 5) is 15.9. The highest BCUT2D eigenvalue weighted by Gasteiger charge is 2.18. The van der Waals surface area contributed by atoms with Crippen molar-refractivity contribution in [3.05, 3.63) is 52.1 Å². The second-order valence-corrected chi connectivity index (χ2v) is 7.17. The zero-order valence-electron chi connectivity index (χ0n) is 12.5. The number of carbonyl (C=O) groups is 1. The quantitative estimate of drug-likeness (QED) is 0.677. The maximum Gasteiger partial charge on any atom is 0.152 e. The fraction of sp³-hybridized carbons (Fsp3) is 0.294. The summed E-state index contributed by atoms with van der Waals surface area (Å²) in [5, 5.41) is 4.19. The van der Waals surface area contributed by atoms with E-state index in [0.29, 0.717) is 6.54 Å². The fourth-order valence-corrected chi connectivity index (χ4v) is 3.39. The molecule has 0 amide bonds. The van der Waals surface area contributed by atoms with E-state index in [1.807, 2.05) is 30.5 Å². The second-order valence-electron chi connectivity index (χ2n) is 6.22. The van der Waals surface area contributed by atoms with E-state index in [9.17, 15) is 4.79 Å². The minimum atomic E-state index is 0.0709. The predicted octanol–water partition coefficient (Wildman–Crippen LogP) is 4.26. The monoisotopic (exact) mass is 298 g/mol. The van der Waals surface area contributed by atoms with Gasteiger partial charge in [0.15, 0.2) is 6.29 Å². The summed E-state index contributed by atoms with van der Waals surface area (Å²) in [6.07, 6.45) is 2.83. The first-order valence-electron chi connectivity index (χ1n) is 6.97. The first-order valence-corrected chi connectivity index (χ1v) is 7.85. The number of aldehydes is 1. The lowest BCUT2D eigenvalue weighted by Crippen LogP contribution is -2.11. The maximum atomic E-state index is 11.2. The Bertz CT molecular complexity index is 793. The molecule has 0 aliphatic heterocycles. The van der Waals surface area contributed by atoms with Gasteiger partial charge in [-0.2, -0.15) is 0 Å². The van der Waals surface area contributed by atoms with Gasteiger partial charge in [-0.05, 0) is 6.07 Å². The molecule has 0 aliphatic carbocycles. The van der Waals surface area contributed by atoms with Crippen molar-refractivity contribution in [2.75, 3.05) is 0 Å². The SMILES string of the molecule is CC(C)(C)c1csc(Cn2cc(C=O)c3ccccc32)n1. The van der Waals surface area contributed by atoms with E-state index in [1.165, 1.54) is 0 Å². The zero-order chi connectivity index (χ0) is 15.0. The van der Waals surface area contributed by atoms with Crippen molar-refractivity contribution in [2.45, 2.75) is 32.7 Å². The predicted molar refractivity (Wildman–Crippen MR) is 87.2 cm³/mol. The number of hydrogen-bond acceptors (Lipinski definition) is 3. The number of benzene rings is 1. The molecule has 0 spiro atoms. The second kappa shape index (κ2) is 5.11. The molecule has 0 aliphatic rings. The summed E-state index contributed by atoms with van der Waals surface area (Å²) in [6.45, 7) is 7.21. The zero-order valence-corrected chi connectivity index (χ0v) is 13.3. The Hall–Kier alpha value is -1.94. The van der Waals surface area contributed by atoms with Gasteiger partial charge in [0.1, 0.15) is 5.01 Å². The molecule has 0 unspecified atom stereocenters. The number of rotatable bonds is 3. The lowest BCUT2D eigenvalue weighted by atomic mass is 9.93. The van der Waals surface area contributed by atoms with Crippen LogP contribution < -0.4 is 0 Å². The first kappa shape index (κ1) is 14.0. The third kappa shape index (κ3) is 2.63. The third-order valence-electron chi connectivity index (χ3n) is 3.57. The highest BCUT2D eigenvalue weighted by molar-refractivity contribution is 7.09. The van der Waals surface area contributed by atoms with Crippen LogP contribution in [0.3, 0.4) is 0 Å². The van der Waals surface area contributed by atoms with Crippen molar-refractivity contribution in [2.24, 2.45) is 0 Å². The number of carbonyl (C=O) groups excluding carboxylic acids is 1. The van der Waals surface area contributed by atoms with Crippen LogP contribution in [0.4, 0.5) is 0 Å². The molecule has 2 aromatic heterocycles. The van der Waals surface area contributed by atoms with Gasteiger partial charge in [0.25, 0.3) is 0 Å². The molecule has 3 aromatic rings. The summed E-state index contributed by atoms with van der Waals surface area (Å²) in [5.41, 5.74) is 3.00. The van der Waals surface area contributed by atoms with E-state index in [2.05, 4.69) is 30.7 Å². The van der Waals surface area contributed by atoms with Gasteiger partial charge in [-0.3, -0.25) is 4.79 Å². The highest BCUT2D eigenvalue weighted by atomic mass is 32.1. The molecule has 0 atom stereocenters. The van der Waals surface area contributed by atoms with Gasteiger partial charge in [0.2, 0.25) is 0 Å². The van der Waals surface area contributed by atoms with Crippen molar-refractivity contribution >= 4 is 28.5 Å². The first-order chi connectivity index (χ1) is 9.99. The summed E-state index contributed by atoms with van der Waals surface area (Å²) in [6, 6.07) is 7.98. The van der Waals surface area contributed by atoms with Gasteiger partial charge in [0, 0.05) is 33.5 Å². The molecule has 2 heterocycles. The van der Waals surface area contributed by atoms with Gasteiger partial charge in [-0.1, -0.05) is 39.0 Å². The Morgan fingerprint density at radius 1 is 1.29 bits per heavy atom. The molecule has 0 radical (unpaired) electrons. The van der Waals surface area contributed by atoms with E-state index in [-0.39, 0.29) is 5.41 Å². The lowest BCUT2D eigenvalue weighted by Gasteiger charge is -2.14. The van der Waals surface area contributed by atoms with Gasteiger partial charge in [-0.15, -0.1) is 11.3 Å². The van der Waals surface area contributed by atoms with Crippen LogP contribution in [0, 0.1) is 0 Å². The number of fused-ring (bicyclic) bond motifs is 1. The molecule has 108 valence electrons. The minimum Gasteiger partial charge on any atom is -0.340 e. The molecular formula is C17H18N2OS. The normalized spacial score (nSPS) is 12.0. The Morgan fingerprint density at radius 3 is 2.71 bits per heavy atom. The van der Waals surface area contributed by atoms with E-state index < -0.39 is 0 Å². The molecule has 3 nitrogen and oxygen atoms in total. The lowest BCUT2D eigenvalue weighted by molar-refractivity contribution is 0.112. The van der Waals surface area contributed by atoms with Crippen molar-refractivity contribution in [3.8, 4) is 0 Å². The molecule has 0 bridgehead atoms. The topological polar surface area (TPSA) is 34.9 Å². The van der Waals surface area contributed by atoms with E-state index in [0.717, 1.165) is 33.5 Å². The molecule has 4 heteroatoms. The van der Waals surface area contributed by atoms with Crippen LogP contribution in [-0.2, 0) is 12.0 Å². The largest absolute Gasteiger partial charge is 0.340 e. The van der Waals surface area contributed by atoms with Crippen LogP contribution in [-0.4, -0.2) is 15.8 Å². The number of hydrogen-bond donors (Lipinski definition) is 0. The molecule has 3 rings (SSSR count). The van der Waals surface area contributed by atoms with Crippen molar-refractivity contribution in [3.63, 3.8) is 0 Å². The molecule has 0 fully saturated rings. The van der Waals surface area contributed by atoms with E-state index in [1.54, 1.807) is 11.3 Å².